The van der Waals surface area contributed by atoms with Crippen LogP contribution < -0.4 is 10.6 Å². The molecule has 0 spiro atoms. The van der Waals surface area contributed by atoms with Crippen molar-refractivity contribution in [1.29, 1.82) is 0 Å². The van der Waals surface area contributed by atoms with E-state index in [4.69, 9.17) is 0 Å². The molecule has 22 heavy (non-hydrogen) atoms. The number of carbonyl (C=O) groups excluding carboxylic acids is 2. The lowest BCUT2D eigenvalue weighted by Crippen LogP contribution is -2.42. The molecule has 0 saturated carbocycles. The van der Waals surface area contributed by atoms with Gasteiger partial charge in [0.1, 0.15) is 0 Å². The fraction of sp³-hybridized carbons (Fsp3) is 0.529. The average molecular weight is 305 g/mol. The highest BCUT2D eigenvalue weighted by Crippen LogP contribution is 2.19. The largest absolute Gasteiger partial charge is 0.353 e. The fourth-order valence-corrected chi connectivity index (χ4v) is 2.24. The molecule has 0 aromatic heterocycles. The third-order valence-electron chi connectivity index (χ3n) is 3.38. The molecule has 2 N–H and O–H groups in total. The molecule has 0 aliphatic carbocycles. The van der Waals surface area contributed by atoms with Gasteiger partial charge in [0.15, 0.2) is 0 Å². The van der Waals surface area contributed by atoms with Gasteiger partial charge in [-0.15, -0.1) is 0 Å². The molecule has 5 nitrogen and oxygen atoms in total. The van der Waals surface area contributed by atoms with Crippen LogP contribution in [0, 0.1) is 13.8 Å². The average Bonchev–Trinajstić information content (AvgIpc) is 2.41. The first-order valence-corrected chi connectivity index (χ1v) is 7.71. The molecule has 2 amide bonds. The minimum atomic E-state index is -0.100. The molecule has 0 bridgehead atoms. The summed E-state index contributed by atoms with van der Waals surface area (Å²) in [6.07, 6.45) is 0. The zero-order chi connectivity index (χ0) is 16.7. The second-order valence-corrected chi connectivity index (χ2v) is 5.84. The number of aryl methyl sites for hydroxylation is 2. The van der Waals surface area contributed by atoms with Gasteiger partial charge in [-0.25, -0.2) is 0 Å². The first-order valence-electron chi connectivity index (χ1n) is 7.71. The summed E-state index contributed by atoms with van der Waals surface area (Å²) >= 11 is 0. The first-order chi connectivity index (χ1) is 10.3. The highest BCUT2D eigenvalue weighted by atomic mass is 16.2. The highest BCUT2D eigenvalue weighted by Gasteiger charge is 2.14. The van der Waals surface area contributed by atoms with E-state index in [-0.39, 0.29) is 30.9 Å². The molecule has 0 fully saturated rings. The minimum absolute atomic E-state index is 0.0586. The first kappa shape index (κ1) is 18.2. The molecule has 0 aliphatic rings. The Kier molecular flexibility index (Phi) is 7.05. The van der Waals surface area contributed by atoms with Gasteiger partial charge in [0.25, 0.3) is 0 Å². The Hall–Kier alpha value is -1.88. The Bertz CT molecular complexity index is 506. The number of carbonyl (C=O) groups is 2. The summed E-state index contributed by atoms with van der Waals surface area (Å²) in [6, 6.07) is 6.01. The highest BCUT2D eigenvalue weighted by molar-refractivity contribution is 5.94. The van der Waals surface area contributed by atoms with Gasteiger partial charge in [-0.2, -0.15) is 0 Å². The van der Waals surface area contributed by atoms with E-state index < -0.39 is 0 Å². The Balaban J connectivity index is 2.60. The predicted molar refractivity (Wildman–Crippen MR) is 89.9 cm³/mol. The molecule has 1 aromatic carbocycles. The zero-order valence-electron chi connectivity index (χ0n) is 14.2. The Labute approximate surface area is 133 Å². The van der Waals surface area contributed by atoms with Crippen molar-refractivity contribution in [3.05, 3.63) is 29.3 Å². The number of amides is 2. The Morgan fingerprint density at radius 3 is 2.14 bits per heavy atom. The van der Waals surface area contributed by atoms with Gasteiger partial charge in [-0.3, -0.25) is 14.5 Å². The smallest absolute Gasteiger partial charge is 0.238 e. The third kappa shape index (κ3) is 5.85. The van der Waals surface area contributed by atoms with E-state index >= 15 is 0 Å². The lowest BCUT2D eigenvalue weighted by Gasteiger charge is -2.21. The molecule has 0 aliphatic heterocycles. The molecular formula is C17H27N3O2. The molecular weight excluding hydrogens is 278 g/mol. The lowest BCUT2D eigenvalue weighted by atomic mass is 10.1. The zero-order valence-corrected chi connectivity index (χ0v) is 14.2. The molecule has 0 atom stereocenters. The van der Waals surface area contributed by atoms with Crippen LogP contribution in [0.3, 0.4) is 0 Å². The summed E-state index contributed by atoms with van der Waals surface area (Å²) in [7, 11) is 0. The molecule has 0 radical (unpaired) electrons. The molecule has 0 saturated heterocycles. The number of nitrogens with zero attached hydrogens (tertiary/aromatic N) is 1. The minimum Gasteiger partial charge on any atom is -0.353 e. The topological polar surface area (TPSA) is 61.4 Å². The lowest BCUT2D eigenvalue weighted by molar-refractivity contribution is -0.123. The van der Waals surface area contributed by atoms with Crippen molar-refractivity contribution >= 4 is 17.5 Å². The molecule has 5 heteroatoms. The normalized spacial score (nSPS) is 10.9. The molecule has 1 rings (SSSR count). The number of hydrogen-bond acceptors (Lipinski definition) is 3. The quantitative estimate of drug-likeness (QED) is 0.811. The van der Waals surface area contributed by atoms with E-state index in [1.165, 1.54) is 0 Å². The van der Waals surface area contributed by atoms with Crippen molar-refractivity contribution in [3.8, 4) is 0 Å². The van der Waals surface area contributed by atoms with Crippen LogP contribution >= 0.6 is 0 Å². The van der Waals surface area contributed by atoms with Gasteiger partial charge in [-0.05, 0) is 45.4 Å². The Morgan fingerprint density at radius 2 is 1.64 bits per heavy atom. The number of anilines is 1. The van der Waals surface area contributed by atoms with E-state index in [2.05, 4.69) is 10.6 Å². The summed E-state index contributed by atoms with van der Waals surface area (Å²) in [5.74, 6) is -0.159. The number of hydrogen-bond donors (Lipinski definition) is 2. The van der Waals surface area contributed by atoms with Crippen LogP contribution in [0.2, 0.25) is 0 Å². The van der Waals surface area contributed by atoms with E-state index in [0.717, 1.165) is 16.8 Å². The SMILES string of the molecule is CCN(CC(=O)Nc1c(C)cccc1C)CC(=O)NC(C)C. The van der Waals surface area contributed by atoms with Crippen LogP contribution in [0.5, 0.6) is 0 Å². The number of likely N-dealkylation sites (N-methyl/N-ethyl adjacent to an activating group) is 1. The van der Waals surface area contributed by atoms with Gasteiger partial charge in [0.05, 0.1) is 13.1 Å². The maximum Gasteiger partial charge on any atom is 0.238 e. The van der Waals surface area contributed by atoms with Crippen LogP contribution in [-0.2, 0) is 9.59 Å². The van der Waals surface area contributed by atoms with E-state index in [0.29, 0.717) is 6.54 Å². The molecule has 0 heterocycles. The molecule has 122 valence electrons. The van der Waals surface area contributed by atoms with Crippen molar-refractivity contribution in [3.63, 3.8) is 0 Å². The maximum atomic E-state index is 12.2. The van der Waals surface area contributed by atoms with Crippen molar-refractivity contribution in [2.24, 2.45) is 0 Å². The van der Waals surface area contributed by atoms with Crippen LogP contribution in [0.1, 0.15) is 31.9 Å². The third-order valence-corrected chi connectivity index (χ3v) is 3.38. The standard InChI is InChI=1S/C17H27N3O2/c1-6-20(10-15(21)18-12(2)3)11-16(22)19-17-13(4)8-7-9-14(17)5/h7-9,12H,6,10-11H2,1-5H3,(H,18,21)(H,19,22). The summed E-state index contributed by atoms with van der Waals surface area (Å²) in [6.45, 7) is 10.8. The van der Waals surface area contributed by atoms with Crippen molar-refractivity contribution in [2.45, 2.75) is 40.7 Å². The van der Waals surface area contributed by atoms with Gasteiger partial charge >= 0.3 is 0 Å². The predicted octanol–water partition coefficient (Wildman–Crippen LogP) is 2.09. The van der Waals surface area contributed by atoms with Crippen LogP contribution in [0.25, 0.3) is 0 Å². The van der Waals surface area contributed by atoms with E-state index in [1.807, 2.05) is 57.7 Å². The van der Waals surface area contributed by atoms with Crippen LogP contribution in [-0.4, -0.2) is 42.4 Å². The molecule has 1 aromatic rings. The Morgan fingerprint density at radius 1 is 1.09 bits per heavy atom. The van der Waals surface area contributed by atoms with Gasteiger partial charge < -0.3 is 10.6 Å². The number of rotatable bonds is 7. The summed E-state index contributed by atoms with van der Waals surface area (Å²) in [4.78, 5) is 25.8. The fourth-order valence-electron chi connectivity index (χ4n) is 2.24. The van der Waals surface area contributed by atoms with Gasteiger partial charge in [-0.1, -0.05) is 25.1 Å². The second-order valence-electron chi connectivity index (χ2n) is 5.84. The monoisotopic (exact) mass is 305 g/mol. The molecule has 0 unspecified atom stereocenters. The number of benzene rings is 1. The van der Waals surface area contributed by atoms with Gasteiger partial charge in [0.2, 0.25) is 11.8 Å². The van der Waals surface area contributed by atoms with E-state index in [9.17, 15) is 9.59 Å². The summed E-state index contributed by atoms with van der Waals surface area (Å²) in [5, 5.41) is 5.78. The number of nitrogens with one attached hydrogen (secondary N) is 2. The van der Waals surface area contributed by atoms with Crippen molar-refractivity contribution in [2.75, 3.05) is 25.0 Å². The van der Waals surface area contributed by atoms with Gasteiger partial charge in [0, 0.05) is 11.7 Å². The summed E-state index contributed by atoms with van der Waals surface area (Å²) in [5.41, 5.74) is 2.93. The maximum absolute atomic E-state index is 12.2. The van der Waals surface area contributed by atoms with E-state index in [1.54, 1.807) is 0 Å². The van der Waals surface area contributed by atoms with Crippen molar-refractivity contribution < 1.29 is 9.59 Å². The van der Waals surface area contributed by atoms with Crippen LogP contribution in [0.4, 0.5) is 5.69 Å². The number of para-hydroxylation sites is 1. The van der Waals surface area contributed by atoms with Crippen molar-refractivity contribution in [1.82, 2.24) is 10.2 Å². The van der Waals surface area contributed by atoms with Crippen LogP contribution in [0.15, 0.2) is 18.2 Å². The second kappa shape index (κ2) is 8.54. The summed E-state index contributed by atoms with van der Waals surface area (Å²) < 4.78 is 0.